The van der Waals surface area contributed by atoms with Crippen molar-refractivity contribution in [1.82, 2.24) is 0 Å². The van der Waals surface area contributed by atoms with Crippen molar-refractivity contribution in [2.75, 3.05) is 20.3 Å². The summed E-state index contributed by atoms with van der Waals surface area (Å²) in [5, 5.41) is 0. The smallest absolute Gasteiger partial charge is 0.196 e. The van der Waals surface area contributed by atoms with E-state index in [0.717, 1.165) is 49.7 Å². The number of hydrogen-bond donors (Lipinski definition) is 0. The lowest BCUT2D eigenvalue weighted by molar-refractivity contribution is -0.0946. The van der Waals surface area contributed by atoms with Gasteiger partial charge in [0.1, 0.15) is 17.2 Å². The Labute approximate surface area is 353 Å². The van der Waals surface area contributed by atoms with E-state index in [4.69, 9.17) is 28.4 Å². The highest BCUT2D eigenvalue weighted by Crippen LogP contribution is 2.31. The summed E-state index contributed by atoms with van der Waals surface area (Å²) in [5.41, 5.74) is 5.39. The molecule has 0 spiro atoms. The molecule has 0 aliphatic heterocycles. The fourth-order valence-corrected chi connectivity index (χ4v) is 6.67. The Hall–Kier alpha value is -3.84. The Kier molecular flexibility index (Phi) is 22.6. The van der Waals surface area contributed by atoms with Crippen LogP contribution in [0.2, 0.25) is 0 Å². The normalized spacial score (nSPS) is 18.1. The van der Waals surface area contributed by atoms with Gasteiger partial charge in [-0.05, 0) is 155 Å². The van der Waals surface area contributed by atoms with Crippen LogP contribution >= 0.6 is 0 Å². The van der Waals surface area contributed by atoms with Crippen LogP contribution in [-0.2, 0) is 14.2 Å². The molecule has 6 atom stereocenters. The van der Waals surface area contributed by atoms with Crippen LogP contribution < -0.4 is 14.2 Å². The molecule has 1 saturated carbocycles. The van der Waals surface area contributed by atoms with E-state index < -0.39 is 0 Å². The van der Waals surface area contributed by atoms with Crippen molar-refractivity contribution < 1.29 is 28.4 Å². The summed E-state index contributed by atoms with van der Waals surface area (Å²) >= 11 is 0. The Morgan fingerprint density at radius 3 is 1.02 bits per heavy atom. The van der Waals surface area contributed by atoms with Gasteiger partial charge in [0, 0.05) is 7.11 Å². The third-order valence-electron chi connectivity index (χ3n) is 11.5. The van der Waals surface area contributed by atoms with Crippen LogP contribution in [0.15, 0.2) is 103 Å². The Morgan fingerprint density at radius 1 is 0.448 bits per heavy atom. The molecule has 0 heterocycles. The van der Waals surface area contributed by atoms with Crippen LogP contribution in [0.4, 0.5) is 0 Å². The van der Waals surface area contributed by atoms with E-state index in [1.165, 1.54) is 47.9 Å². The summed E-state index contributed by atoms with van der Waals surface area (Å²) < 4.78 is 34.6. The first-order valence-corrected chi connectivity index (χ1v) is 22.0. The van der Waals surface area contributed by atoms with Gasteiger partial charge in [-0.15, -0.1) is 0 Å². The van der Waals surface area contributed by atoms with E-state index in [-0.39, 0.29) is 18.9 Å². The predicted octanol–water partition coefficient (Wildman–Crippen LogP) is 14.3. The molecule has 0 bridgehead atoms. The summed E-state index contributed by atoms with van der Waals surface area (Å²) in [5.74, 6) is 5.56. The highest BCUT2D eigenvalue weighted by Gasteiger charge is 2.23. The van der Waals surface area contributed by atoms with Crippen molar-refractivity contribution in [2.45, 2.75) is 151 Å². The van der Waals surface area contributed by atoms with E-state index in [0.29, 0.717) is 29.6 Å². The molecule has 0 amide bonds. The quantitative estimate of drug-likeness (QED) is 0.0881. The third-order valence-corrected chi connectivity index (χ3v) is 11.5. The Morgan fingerprint density at radius 2 is 0.759 bits per heavy atom. The van der Waals surface area contributed by atoms with Gasteiger partial charge in [-0.1, -0.05) is 114 Å². The molecule has 0 saturated heterocycles. The van der Waals surface area contributed by atoms with Crippen molar-refractivity contribution in [2.24, 2.45) is 11.8 Å². The zero-order valence-corrected chi connectivity index (χ0v) is 37.7. The fraction of sp³-hybridized carbons (Fsp3) is 0.538. The van der Waals surface area contributed by atoms with Crippen molar-refractivity contribution in [3.63, 3.8) is 0 Å². The number of rotatable bonds is 19. The van der Waals surface area contributed by atoms with Gasteiger partial charge in [0.15, 0.2) is 18.9 Å². The van der Waals surface area contributed by atoms with Crippen LogP contribution in [0.3, 0.4) is 0 Å². The molecule has 4 aromatic rings. The highest BCUT2D eigenvalue weighted by atomic mass is 16.7. The maximum atomic E-state index is 6.04. The molecule has 58 heavy (non-hydrogen) atoms. The second-order valence-electron chi connectivity index (χ2n) is 16.1. The summed E-state index contributed by atoms with van der Waals surface area (Å²) in [7, 11) is 1.64. The van der Waals surface area contributed by atoms with E-state index in [1.54, 1.807) is 7.11 Å². The van der Waals surface area contributed by atoms with Crippen LogP contribution in [0.25, 0.3) is 0 Å². The van der Waals surface area contributed by atoms with Gasteiger partial charge in [-0.3, -0.25) is 0 Å². The highest BCUT2D eigenvalue weighted by molar-refractivity contribution is 5.31. The lowest BCUT2D eigenvalue weighted by Gasteiger charge is -2.29. The summed E-state index contributed by atoms with van der Waals surface area (Å²) in [4.78, 5) is 0. The topological polar surface area (TPSA) is 55.4 Å². The van der Waals surface area contributed by atoms with E-state index in [1.807, 2.05) is 51.1 Å². The minimum atomic E-state index is -0.238. The lowest BCUT2D eigenvalue weighted by Crippen LogP contribution is -2.27. The van der Waals surface area contributed by atoms with Crippen LogP contribution in [-0.4, -0.2) is 39.2 Å². The molecular formula is C52H76O6. The number of benzene rings is 4. The molecule has 0 aromatic heterocycles. The zero-order valence-electron chi connectivity index (χ0n) is 37.7. The molecular weight excluding hydrogens is 721 g/mol. The van der Waals surface area contributed by atoms with E-state index in [9.17, 15) is 0 Å². The molecule has 6 nitrogen and oxygen atoms in total. The maximum absolute atomic E-state index is 6.04. The standard InChI is InChI=1S/C32H48O4.C13H20O2.C7H8/c1-7-23(3)29-13-17-31(18-14-29)35-25(5)33-21-27-9-11-28(12-10-27)22-34-26(6)36-32-19-15-30(16-20-32)24(4)8-2;1-5-10(2)12-6-8-13(9-7-12)15-11(3)14-4;1-7-5-3-2-4-6-7/h13-20,23-28H,7-12,21-22H2,1-6H3;6-11H,5H2,1-4H3;2-6H,1H3. The largest absolute Gasteiger partial charge is 0.465 e. The zero-order chi connectivity index (χ0) is 42.3. The third kappa shape index (κ3) is 18.4. The van der Waals surface area contributed by atoms with Crippen molar-refractivity contribution in [3.8, 4) is 17.2 Å². The van der Waals surface area contributed by atoms with Gasteiger partial charge in [-0.25, -0.2) is 0 Å². The molecule has 6 unspecified atom stereocenters. The molecule has 5 rings (SSSR count). The second-order valence-corrected chi connectivity index (χ2v) is 16.1. The van der Waals surface area contributed by atoms with Crippen LogP contribution in [0.1, 0.15) is 147 Å². The summed E-state index contributed by atoms with van der Waals surface area (Å²) in [6.45, 7) is 22.8. The second kappa shape index (κ2) is 27.0. The molecule has 0 N–H and O–H groups in total. The number of ether oxygens (including phenoxy) is 6. The van der Waals surface area contributed by atoms with Crippen molar-refractivity contribution in [3.05, 3.63) is 125 Å². The molecule has 1 aliphatic rings. The summed E-state index contributed by atoms with van der Waals surface area (Å²) in [6.07, 6.45) is 7.49. The molecule has 4 aromatic carbocycles. The number of methoxy groups -OCH3 is 1. The molecule has 320 valence electrons. The van der Waals surface area contributed by atoms with Gasteiger partial charge >= 0.3 is 0 Å². The van der Waals surface area contributed by atoms with Gasteiger partial charge < -0.3 is 28.4 Å². The average Bonchev–Trinajstić information content (AvgIpc) is 3.26. The van der Waals surface area contributed by atoms with Gasteiger partial charge in [-0.2, -0.15) is 0 Å². The maximum Gasteiger partial charge on any atom is 0.196 e. The number of aryl methyl sites for hydroxylation is 1. The molecule has 6 heteroatoms. The van der Waals surface area contributed by atoms with Gasteiger partial charge in [0.05, 0.1) is 13.2 Å². The Bertz CT molecular complexity index is 1530. The van der Waals surface area contributed by atoms with Crippen molar-refractivity contribution in [1.29, 1.82) is 0 Å². The van der Waals surface area contributed by atoms with Crippen LogP contribution in [0, 0.1) is 18.8 Å². The molecule has 1 fully saturated rings. The first-order valence-electron chi connectivity index (χ1n) is 22.0. The predicted molar refractivity (Wildman–Crippen MR) is 241 cm³/mol. The summed E-state index contributed by atoms with van der Waals surface area (Å²) in [6, 6.07) is 35.4. The SMILES string of the molecule is CCC(C)c1ccc(OC(C)OC)cc1.CCC(C)c1ccc(OC(C)OCC2CCC(COC(C)Oc3ccc(C(C)CC)cc3)CC2)cc1.Cc1ccccc1. The van der Waals surface area contributed by atoms with E-state index in [2.05, 4.69) is 121 Å². The van der Waals surface area contributed by atoms with Gasteiger partial charge in [0.2, 0.25) is 0 Å². The average molecular weight is 797 g/mol. The van der Waals surface area contributed by atoms with Gasteiger partial charge in [0.25, 0.3) is 0 Å². The van der Waals surface area contributed by atoms with E-state index >= 15 is 0 Å². The monoisotopic (exact) mass is 797 g/mol. The Balaban J connectivity index is 0.000000332. The molecule has 0 radical (unpaired) electrons. The minimum Gasteiger partial charge on any atom is -0.465 e. The lowest BCUT2D eigenvalue weighted by atomic mass is 9.83. The number of hydrogen-bond acceptors (Lipinski definition) is 6. The van der Waals surface area contributed by atoms with Crippen molar-refractivity contribution >= 4 is 0 Å². The van der Waals surface area contributed by atoms with Crippen LogP contribution in [0.5, 0.6) is 17.2 Å². The first-order chi connectivity index (χ1) is 27.9. The first kappa shape index (κ1) is 48.5. The fourth-order valence-electron chi connectivity index (χ4n) is 6.67. The molecule has 1 aliphatic carbocycles. The minimum absolute atomic E-state index is 0.195.